The van der Waals surface area contributed by atoms with Crippen molar-refractivity contribution in [1.82, 2.24) is 15.5 Å². The second-order valence-corrected chi connectivity index (χ2v) is 12.4. The van der Waals surface area contributed by atoms with Crippen molar-refractivity contribution in [3.8, 4) is 5.75 Å². The fraction of sp³-hybridized carbons (Fsp3) is 0.657. The molecular formula is C35H53N3O4. The quantitative estimate of drug-likeness (QED) is 0.249. The van der Waals surface area contributed by atoms with E-state index in [0.29, 0.717) is 19.4 Å². The van der Waals surface area contributed by atoms with Crippen molar-refractivity contribution < 1.29 is 19.1 Å². The van der Waals surface area contributed by atoms with Gasteiger partial charge in [-0.3, -0.25) is 14.5 Å². The lowest BCUT2D eigenvalue weighted by Crippen LogP contribution is -2.31. The first-order valence-corrected chi connectivity index (χ1v) is 16.5. The molecule has 1 aliphatic carbocycles. The van der Waals surface area contributed by atoms with Gasteiger partial charge in [0.15, 0.2) is 0 Å². The Labute approximate surface area is 253 Å². The molecule has 7 nitrogen and oxygen atoms in total. The maximum Gasteiger partial charge on any atom is 0.250 e. The number of amides is 2. The summed E-state index contributed by atoms with van der Waals surface area (Å²) in [5, 5.41) is 6.06. The Morgan fingerprint density at radius 1 is 1.05 bits per heavy atom. The summed E-state index contributed by atoms with van der Waals surface area (Å²) in [6, 6.07) is 6.33. The molecule has 2 heterocycles. The second-order valence-electron chi connectivity index (χ2n) is 12.4. The van der Waals surface area contributed by atoms with E-state index in [1.807, 2.05) is 13.0 Å². The molecular weight excluding hydrogens is 526 g/mol. The molecule has 1 saturated heterocycles. The van der Waals surface area contributed by atoms with Crippen molar-refractivity contribution in [2.75, 3.05) is 26.7 Å². The Balaban J connectivity index is 1.32. The maximum atomic E-state index is 13.1. The highest BCUT2D eigenvalue weighted by molar-refractivity contribution is 5.93. The van der Waals surface area contributed by atoms with Crippen LogP contribution in [0.25, 0.3) is 0 Å². The van der Waals surface area contributed by atoms with Crippen LogP contribution in [0.2, 0.25) is 0 Å². The van der Waals surface area contributed by atoms with Gasteiger partial charge in [0.2, 0.25) is 5.91 Å². The Kier molecular flexibility index (Phi) is 12.8. The first-order chi connectivity index (χ1) is 20.5. The number of nitrogens with one attached hydrogen (secondary N) is 2. The number of nitrogens with zero attached hydrogens (tertiary/aromatic N) is 1. The number of unbranched alkanes of at least 4 members (excludes halogenated alkanes) is 1. The van der Waals surface area contributed by atoms with E-state index in [1.54, 1.807) is 13.4 Å². The number of carbonyl (C=O) groups is 2. The maximum absolute atomic E-state index is 13.1. The van der Waals surface area contributed by atoms with Crippen molar-refractivity contribution in [2.24, 2.45) is 11.8 Å². The summed E-state index contributed by atoms with van der Waals surface area (Å²) in [6.07, 6.45) is 18.5. The number of benzene rings is 1. The molecule has 232 valence electrons. The van der Waals surface area contributed by atoms with E-state index < -0.39 is 0 Å². The van der Waals surface area contributed by atoms with Crippen LogP contribution >= 0.6 is 0 Å². The molecule has 2 amide bonds. The second kappa shape index (κ2) is 16.7. The van der Waals surface area contributed by atoms with Crippen LogP contribution in [0, 0.1) is 11.8 Å². The minimum atomic E-state index is 0.00577. The van der Waals surface area contributed by atoms with Gasteiger partial charge in [-0.05, 0) is 86.7 Å². The van der Waals surface area contributed by atoms with Gasteiger partial charge in [0.25, 0.3) is 5.91 Å². The molecule has 2 fully saturated rings. The number of ether oxygens (including phenoxy) is 2. The van der Waals surface area contributed by atoms with E-state index in [0.717, 1.165) is 68.3 Å². The zero-order valence-electron chi connectivity index (χ0n) is 26.2. The van der Waals surface area contributed by atoms with Gasteiger partial charge in [-0.25, -0.2) is 0 Å². The molecule has 0 aromatic heterocycles. The van der Waals surface area contributed by atoms with Crippen LogP contribution in [-0.4, -0.2) is 49.5 Å². The van der Waals surface area contributed by atoms with Crippen LogP contribution in [-0.2, 0) is 27.3 Å². The highest BCUT2D eigenvalue weighted by Crippen LogP contribution is 2.32. The van der Waals surface area contributed by atoms with Gasteiger partial charge in [0, 0.05) is 26.1 Å². The molecule has 1 unspecified atom stereocenters. The van der Waals surface area contributed by atoms with Crippen LogP contribution in [0.3, 0.4) is 0 Å². The number of aryl methyl sites for hydroxylation is 1. The van der Waals surface area contributed by atoms with Gasteiger partial charge < -0.3 is 20.1 Å². The first kappa shape index (κ1) is 32.1. The van der Waals surface area contributed by atoms with Crippen molar-refractivity contribution in [3.63, 3.8) is 0 Å². The summed E-state index contributed by atoms with van der Waals surface area (Å²) in [7, 11) is 1.69. The summed E-state index contributed by atoms with van der Waals surface area (Å²) in [5.74, 6) is 2.87. The largest absolute Gasteiger partial charge is 0.497 e. The third-order valence-electron chi connectivity index (χ3n) is 9.31. The minimum Gasteiger partial charge on any atom is -0.497 e. The Bertz CT molecular complexity index is 1090. The van der Waals surface area contributed by atoms with E-state index >= 15 is 0 Å². The van der Waals surface area contributed by atoms with E-state index in [1.165, 1.54) is 56.1 Å². The predicted molar refractivity (Wildman–Crippen MR) is 168 cm³/mol. The van der Waals surface area contributed by atoms with Crippen LogP contribution in [0.1, 0.15) is 102 Å². The molecule has 3 aliphatic rings. The van der Waals surface area contributed by atoms with Gasteiger partial charge in [-0.15, -0.1) is 0 Å². The van der Waals surface area contributed by atoms with Crippen LogP contribution in [0.15, 0.2) is 41.9 Å². The monoisotopic (exact) mass is 579 g/mol. The van der Waals surface area contributed by atoms with Crippen LogP contribution < -0.4 is 15.4 Å². The molecule has 1 aromatic rings. The van der Waals surface area contributed by atoms with Gasteiger partial charge in [-0.2, -0.15) is 0 Å². The molecule has 0 spiro atoms. The molecule has 0 radical (unpaired) electrons. The third-order valence-corrected chi connectivity index (χ3v) is 9.31. The average Bonchev–Trinajstić information content (AvgIpc) is 3.37. The Morgan fingerprint density at radius 2 is 1.88 bits per heavy atom. The van der Waals surface area contributed by atoms with Gasteiger partial charge >= 0.3 is 0 Å². The van der Waals surface area contributed by atoms with Crippen molar-refractivity contribution in [3.05, 3.63) is 53.0 Å². The molecule has 2 N–H and O–H groups in total. The van der Waals surface area contributed by atoms with E-state index in [9.17, 15) is 9.59 Å². The summed E-state index contributed by atoms with van der Waals surface area (Å²) in [5.41, 5.74) is 3.10. The highest BCUT2D eigenvalue weighted by atomic mass is 16.5. The topological polar surface area (TPSA) is 79.9 Å². The third kappa shape index (κ3) is 9.35. The van der Waals surface area contributed by atoms with E-state index in [4.69, 9.17) is 9.47 Å². The summed E-state index contributed by atoms with van der Waals surface area (Å²) >= 11 is 0. The van der Waals surface area contributed by atoms with Crippen molar-refractivity contribution >= 4 is 11.8 Å². The fourth-order valence-electron chi connectivity index (χ4n) is 6.76. The standard InChI is InChI=1S/C35H53N3O4/c1-4-36-34(39)20-17-28-16-18-30(41-3)23-29(28)24-38-22-10-14-32(38)33-19-15-26(2)31(25-42-33)35(40)37-21-9-8-13-27-11-6-5-7-12-27/h16,18-19,23,25-27,32H,4-15,17,20-22,24H2,1-3H3,(H,36,39)(H,37,40)/t26?,32-/m0/s1. The Morgan fingerprint density at radius 3 is 2.67 bits per heavy atom. The fourth-order valence-corrected chi connectivity index (χ4v) is 6.76. The first-order valence-electron chi connectivity index (χ1n) is 16.5. The summed E-state index contributed by atoms with van der Waals surface area (Å²) < 4.78 is 11.8. The number of allylic oxidation sites excluding steroid dienone is 1. The zero-order chi connectivity index (χ0) is 29.7. The van der Waals surface area contributed by atoms with Crippen LogP contribution in [0.5, 0.6) is 5.75 Å². The van der Waals surface area contributed by atoms with Crippen molar-refractivity contribution in [1.29, 1.82) is 0 Å². The molecule has 4 rings (SSSR count). The highest BCUT2D eigenvalue weighted by Gasteiger charge is 2.31. The lowest BCUT2D eigenvalue weighted by Gasteiger charge is -2.27. The number of likely N-dealkylation sites (tertiary alicyclic amines) is 1. The smallest absolute Gasteiger partial charge is 0.250 e. The SMILES string of the molecule is CCNC(=O)CCc1ccc(OC)cc1CN1CCC[C@H]1C1=CCC(C)C(C(=O)NCCCCC2CCCCC2)=CO1. The van der Waals surface area contributed by atoms with E-state index in [-0.39, 0.29) is 23.8 Å². The number of methoxy groups -OCH3 is 1. The molecule has 2 atom stereocenters. The zero-order valence-corrected chi connectivity index (χ0v) is 26.2. The van der Waals surface area contributed by atoms with Crippen LogP contribution in [0.4, 0.5) is 0 Å². The molecule has 1 saturated carbocycles. The average molecular weight is 580 g/mol. The number of rotatable bonds is 14. The number of hydrogen-bond donors (Lipinski definition) is 2. The minimum absolute atomic E-state index is 0.00577. The van der Waals surface area contributed by atoms with Crippen molar-refractivity contribution in [2.45, 2.75) is 110 Å². The number of carbonyl (C=O) groups excluding carboxylic acids is 2. The molecule has 1 aromatic carbocycles. The lowest BCUT2D eigenvalue weighted by atomic mass is 9.86. The summed E-state index contributed by atoms with van der Waals surface area (Å²) in [4.78, 5) is 27.7. The van der Waals surface area contributed by atoms with Gasteiger partial charge in [0.1, 0.15) is 11.5 Å². The molecule has 7 heteroatoms. The molecule has 2 aliphatic heterocycles. The normalized spacial score (nSPS) is 21.6. The lowest BCUT2D eigenvalue weighted by molar-refractivity contribution is -0.121. The summed E-state index contributed by atoms with van der Waals surface area (Å²) in [6.45, 7) is 7.18. The van der Waals surface area contributed by atoms with E-state index in [2.05, 4.69) is 40.7 Å². The molecule has 0 bridgehead atoms. The molecule has 42 heavy (non-hydrogen) atoms. The van der Waals surface area contributed by atoms with Gasteiger partial charge in [-0.1, -0.05) is 57.9 Å². The number of hydrogen-bond acceptors (Lipinski definition) is 5. The van der Waals surface area contributed by atoms with Gasteiger partial charge in [0.05, 0.1) is 25.0 Å². The Hall–Kier alpha value is -2.80. The predicted octanol–water partition coefficient (Wildman–Crippen LogP) is 6.42.